The molecule has 210 valence electrons. The Morgan fingerprint density at radius 1 is 0.949 bits per heavy atom. The largest absolute Gasteiger partial charge is 0.478 e. The molecule has 3 aromatic rings. The molecule has 0 radical (unpaired) electrons. The molecule has 0 saturated carbocycles. The van der Waals surface area contributed by atoms with E-state index < -0.39 is 44.6 Å². The maximum Gasteiger partial charge on any atom is 0.416 e. The molecule has 0 spiro atoms. The smallest absolute Gasteiger partial charge is 0.416 e. The number of carboxylic acid groups (broad SMARTS) is 1. The lowest BCUT2D eigenvalue weighted by Gasteiger charge is -2.38. The van der Waals surface area contributed by atoms with Gasteiger partial charge in [0, 0.05) is 24.6 Å². The van der Waals surface area contributed by atoms with Crippen molar-refractivity contribution in [1.82, 2.24) is 4.31 Å². The van der Waals surface area contributed by atoms with E-state index in [1.54, 1.807) is 20.8 Å². The van der Waals surface area contributed by atoms with Crippen molar-refractivity contribution < 1.29 is 40.6 Å². The van der Waals surface area contributed by atoms with Crippen molar-refractivity contribution in [2.75, 3.05) is 7.05 Å². The van der Waals surface area contributed by atoms with Crippen molar-refractivity contribution in [3.8, 4) is 16.9 Å². The predicted molar refractivity (Wildman–Crippen MR) is 138 cm³/mol. The summed E-state index contributed by atoms with van der Waals surface area (Å²) in [6.07, 6.45) is -4.63. The van der Waals surface area contributed by atoms with Gasteiger partial charge in [0.1, 0.15) is 11.6 Å². The van der Waals surface area contributed by atoms with Gasteiger partial charge in [0.05, 0.1) is 10.5 Å². The summed E-state index contributed by atoms with van der Waals surface area (Å²) in [4.78, 5) is 12.1. The van der Waals surface area contributed by atoms with Crippen LogP contribution in [0.2, 0.25) is 0 Å². The Hall–Kier alpha value is -3.44. The molecule has 0 fully saturated rings. The van der Waals surface area contributed by atoms with E-state index in [0.29, 0.717) is 5.56 Å². The van der Waals surface area contributed by atoms with Gasteiger partial charge >= 0.3 is 12.1 Å². The van der Waals surface area contributed by atoms with Gasteiger partial charge in [0.15, 0.2) is 0 Å². The minimum Gasteiger partial charge on any atom is -0.478 e. The molecule has 0 aliphatic rings. The molecule has 0 heterocycles. The SMILES string of the molecule is CN(Cc1ccc(O[C@](C)(C(=O)O)C(C)(C)C)c(-c2cccc(C(F)(F)F)c2)c1)S(=O)(=O)c1ccc(F)cc1. The zero-order valence-corrected chi connectivity index (χ0v) is 22.8. The molecular formula is C28H29F4NO5S. The van der Waals surface area contributed by atoms with Crippen LogP contribution in [0.3, 0.4) is 0 Å². The van der Waals surface area contributed by atoms with Crippen LogP contribution in [0, 0.1) is 11.2 Å². The number of hydrogen-bond acceptors (Lipinski definition) is 4. The standard InChI is InChI=1S/C28H29F4NO5S/c1-26(2,3)27(4,25(34)35)38-24-14-9-18(15-23(24)19-7-6-8-20(16-19)28(30,31)32)17-33(5)39(36,37)22-12-10-21(29)11-13-22/h6-16H,17H2,1-5H3,(H,34,35)/t27-/m1/s1. The molecule has 0 aliphatic heterocycles. The summed E-state index contributed by atoms with van der Waals surface area (Å²) in [6.45, 7) is 6.18. The number of hydrogen-bond donors (Lipinski definition) is 1. The van der Waals surface area contributed by atoms with Crippen molar-refractivity contribution in [2.24, 2.45) is 5.41 Å². The number of alkyl halides is 3. The van der Waals surface area contributed by atoms with Crippen molar-refractivity contribution in [3.63, 3.8) is 0 Å². The van der Waals surface area contributed by atoms with Gasteiger partial charge in [0.25, 0.3) is 0 Å². The second kappa shape index (κ2) is 10.6. The zero-order chi connectivity index (χ0) is 29.4. The van der Waals surface area contributed by atoms with Crippen LogP contribution < -0.4 is 4.74 Å². The molecule has 3 rings (SSSR count). The van der Waals surface area contributed by atoms with E-state index in [1.807, 2.05) is 0 Å². The molecule has 0 unspecified atom stereocenters. The van der Waals surface area contributed by atoms with Gasteiger partial charge in [-0.25, -0.2) is 17.6 Å². The summed E-state index contributed by atoms with van der Waals surface area (Å²) in [7, 11) is -2.70. The van der Waals surface area contributed by atoms with Crippen LogP contribution in [0.5, 0.6) is 5.75 Å². The van der Waals surface area contributed by atoms with Crippen LogP contribution in [-0.4, -0.2) is 36.4 Å². The van der Waals surface area contributed by atoms with Gasteiger partial charge in [-0.3, -0.25) is 0 Å². The molecule has 39 heavy (non-hydrogen) atoms. The minimum absolute atomic E-state index is 0.0157. The fourth-order valence-electron chi connectivity index (χ4n) is 3.72. The number of benzene rings is 3. The first-order valence-corrected chi connectivity index (χ1v) is 13.2. The molecule has 0 aromatic heterocycles. The minimum atomic E-state index is -4.63. The summed E-state index contributed by atoms with van der Waals surface area (Å²) >= 11 is 0. The molecule has 1 N–H and O–H groups in total. The van der Waals surface area contributed by atoms with E-state index in [0.717, 1.165) is 40.7 Å². The number of carbonyl (C=O) groups is 1. The lowest BCUT2D eigenvalue weighted by Crippen LogP contribution is -2.52. The van der Waals surface area contributed by atoms with Gasteiger partial charge in [-0.1, -0.05) is 39.0 Å². The summed E-state index contributed by atoms with van der Waals surface area (Å²) in [5.41, 5.74) is -2.92. The normalized spacial score (nSPS) is 14.2. The zero-order valence-electron chi connectivity index (χ0n) is 22.0. The summed E-state index contributed by atoms with van der Waals surface area (Å²) in [6, 6.07) is 13.2. The first kappa shape index (κ1) is 30.1. The highest BCUT2D eigenvalue weighted by Gasteiger charge is 2.47. The van der Waals surface area contributed by atoms with Crippen LogP contribution in [0.4, 0.5) is 17.6 Å². The van der Waals surface area contributed by atoms with Crippen molar-refractivity contribution in [2.45, 2.75) is 50.9 Å². The van der Waals surface area contributed by atoms with Crippen molar-refractivity contribution in [3.05, 3.63) is 83.7 Å². The Bertz CT molecular complexity index is 1460. The fraction of sp³-hybridized carbons (Fsp3) is 0.321. The second-order valence-corrected chi connectivity index (χ2v) is 12.4. The Kier molecular flexibility index (Phi) is 8.19. The van der Waals surface area contributed by atoms with E-state index in [2.05, 4.69) is 0 Å². The van der Waals surface area contributed by atoms with E-state index >= 15 is 0 Å². The fourth-order valence-corrected chi connectivity index (χ4v) is 4.88. The van der Waals surface area contributed by atoms with Gasteiger partial charge < -0.3 is 9.84 Å². The van der Waals surface area contributed by atoms with Crippen LogP contribution >= 0.6 is 0 Å². The number of carboxylic acids is 1. The number of rotatable bonds is 8. The summed E-state index contributed by atoms with van der Waals surface area (Å²) < 4.78 is 86.7. The number of halogens is 4. The maximum atomic E-state index is 13.5. The third kappa shape index (κ3) is 6.42. The van der Waals surface area contributed by atoms with Crippen LogP contribution in [0.15, 0.2) is 71.6 Å². The molecule has 6 nitrogen and oxygen atoms in total. The number of aliphatic carboxylic acids is 1. The predicted octanol–water partition coefficient (Wildman–Crippen LogP) is 6.60. The molecule has 3 aromatic carbocycles. The number of sulfonamides is 1. The quantitative estimate of drug-likeness (QED) is 0.310. The van der Waals surface area contributed by atoms with Crippen LogP contribution in [-0.2, 0) is 27.5 Å². The monoisotopic (exact) mass is 567 g/mol. The Morgan fingerprint density at radius 3 is 2.10 bits per heavy atom. The second-order valence-electron chi connectivity index (χ2n) is 10.3. The summed E-state index contributed by atoms with van der Waals surface area (Å²) in [5, 5.41) is 9.96. The number of nitrogens with zero attached hydrogens (tertiary/aromatic N) is 1. The van der Waals surface area contributed by atoms with Gasteiger partial charge in [0.2, 0.25) is 15.6 Å². The Morgan fingerprint density at radius 2 is 1.56 bits per heavy atom. The first-order chi connectivity index (χ1) is 17.9. The van der Waals surface area contributed by atoms with Gasteiger partial charge in [-0.05, 0) is 66.6 Å². The van der Waals surface area contributed by atoms with Crippen LogP contribution in [0.1, 0.15) is 38.8 Å². The van der Waals surface area contributed by atoms with E-state index in [4.69, 9.17) is 4.74 Å². The topological polar surface area (TPSA) is 83.9 Å². The molecule has 1 atom stereocenters. The highest BCUT2D eigenvalue weighted by atomic mass is 32.2. The maximum absolute atomic E-state index is 13.5. The van der Waals surface area contributed by atoms with E-state index in [1.165, 1.54) is 44.3 Å². The Balaban J connectivity index is 2.11. The number of ether oxygens (including phenoxy) is 1. The average Bonchev–Trinajstić information content (AvgIpc) is 2.83. The van der Waals surface area contributed by atoms with Crippen molar-refractivity contribution in [1.29, 1.82) is 0 Å². The van der Waals surface area contributed by atoms with Gasteiger partial charge in [-0.2, -0.15) is 17.5 Å². The first-order valence-electron chi connectivity index (χ1n) is 11.8. The third-order valence-electron chi connectivity index (χ3n) is 6.63. The molecule has 0 amide bonds. The Labute approximate surface area is 224 Å². The van der Waals surface area contributed by atoms with Crippen molar-refractivity contribution >= 4 is 16.0 Å². The average molecular weight is 568 g/mol. The lowest BCUT2D eigenvalue weighted by atomic mass is 9.77. The van der Waals surface area contributed by atoms with Crippen LogP contribution in [0.25, 0.3) is 11.1 Å². The van der Waals surface area contributed by atoms with E-state index in [-0.39, 0.29) is 28.3 Å². The molecule has 0 saturated heterocycles. The highest BCUT2D eigenvalue weighted by Crippen LogP contribution is 2.41. The molecule has 0 aliphatic carbocycles. The molecule has 11 heteroatoms. The third-order valence-corrected chi connectivity index (χ3v) is 8.44. The summed E-state index contributed by atoms with van der Waals surface area (Å²) in [5.74, 6) is -1.84. The lowest BCUT2D eigenvalue weighted by molar-refractivity contribution is -0.163. The van der Waals surface area contributed by atoms with Gasteiger partial charge in [-0.15, -0.1) is 0 Å². The molecule has 0 bridgehead atoms. The van der Waals surface area contributed by atoms with E-state index in [9.17, 15) is 35.9 Å². The highest BCUT2D eigenvalue weighted by molar-refractivity contribution is 7.89. The molecular weight excluding hydrogens is 538 g/mol.